The molecule has 0 saturated carbocycles. The number of nitriles is 1. The highest BCUT2D eigenvalue weighted by Gasteiger charge is 2.16. The van der Waals surface area contributed by atoms with Gasteiger partial charge in [-0.1, -0.05) is 41.9 Å². The molecule has 0 aliphatic heterocycles. The third kappa shape index (κ3) is 2.72. The third-order valence-corrected chi connectivity index (χ3v) is 3.94. The van der Waals surface area contributed by atoms with Gasteiger partial charge < -0.3 is 10.4 Å². The number of hydrogen-bond donors (Lipinski definition) is 2. The molecule has 0 aliphatic carbocycles. The van der Waals surface area contributed by atoms with Gasteiger partial charge in [0.25, 0.3) is 0 Å². The molecule has 1 aromatic heterocycles. The minimum atomic E-state index is -1.07. The minimum Gasteiger partial charge on any atom is -0.465 e. The zero-order chi connectivity index (χ0) is 16.4. The van der Waals surface area contributed by atoms with Crippen molar-refractivity contribution >= 4 is 28.6 Å². The Balaban J connectivity index is 2.07. The van der Waals surface area contributed by atoms with Crippen LogP contribution < -0.4 is 5.32 Å². The van der Waals surface area contributed by atoms with Crippen molar-refractivity contribution in [1.82, 2.24) is 9.88 Å². The van der Waals surface area contributed by atoms with E-state index in [1.807, 2.05) is 48.5 Å². The molecule has 3 aromatic rings. The standard InChI is InChI=1S/C17H12ClN3O2/c18-16-13-3-1-2-4-14(13)21(15(16)9-19)12-7-5-11(6-8-12)10-20-17(22)23/h1-8,20H,10H2,(H,22,23). The number of carbonyl (C=O) groups is 1. The highest BCUT2D eigenvalue weighted by molar-refractivity contribution is 6.37. The molecular weight excluding hydrogens is 314 g/mol. The summed E-state index contributed by atoms with van der Waals surface area (Å²) in [6.07, 6.45) is -1.07. The number of nitrogens with zero attached hydrogens (tertiary/aromatic N) is 2. The smallest absolute Gasteiger partial charge is 0.404 e. The fourth-order valence-corrected chi connectivity index (χ4v) is 2.79. The van der Waals surface area contributed by atoms with Gasteiger partial charge in [0.15, 0.2) is 0 Å². The topological polar surface area (TPSA) is 78.0 Å². The van der Waals surface area contributed by atoms with Gasteiger partial charge in [-0.15, -0.1) is 0 Å². The summed E-state index contributed by atoms with van der Waals surface area (Å²) in [6.45, 7) is 0.230. The number of nitrogens with one attached hydrogen (secondary N) is 1. The van der Waals surface area contributed by atoms with Crippen molar-refractivity contribution in [3.8, 4) is 11.8 Å². The zero-order valence-electron chi connectivity index (χ0n) is 12.0. The van der Waals surface area contributed by atoms with Crippen LogP contribution in [0, 0.1) is 11.3 Å². The Labute approximate surface area is 137 Å². The number of rotatable bonds is 3. The Kier molecular flexibility index (Phi) is 3.92. The fourth-order valence-electron chi connectivity index (χ4n) is 2.51. The van der Waals surface area contributed by atoms with Crippen LogP contribution in [0.5, 0.6) is 0 Å². The lowest BCUT2D eigenvalue weighted by Gasteiger charge is -2.08. The van der Waals surface area contributed by atoms with Gasteiger partial charge in [0.05, 0.1) is 10.5 Å². The molecule has 0 aliphatic rings. The molecular formula is C17H12ClN3O2. The molecule has 0 bridgehead atoms. The highest BCUT2D eigenvalue weighted by atomic mass is 35.5. The molecule has 5 nitrogen and oxygen atoms in total. The summed E-state index contributed by atoms with van der Waals surface area (Å²) in [5.74, 6) is 0. The second kappa shape index (κ2) is 6.03. The van der Waals surface area contributed by atoms with Gasteiger partial charge in [0.1, 0.15) is 11.8 Å². The van der Waals surface area contributed by atoms with Crippen LogP contribution in [0.2, 0.25) is 5.02 Å². The van der Waals surface area contributed by atoms with Crippen LogP contribution in [-0.4, -0.2) is 15.8 Å². The monoisotopic (exact) mass is 325 g/mol. The predicted octanol–water partition coefficient (Wildman–Crippen LogP) is 3.92. The summed E-state index contributed by atoms with van der Waals surface area (Å²) >= 11 is 6.31. The van der Waals surface area contributed by atoms with E-state index in [9.17, 15) is 10.1 Å². The minimum absolute atomic E-state index is 0.230. The largest absolute Gasteiger partial charge is 0.465 e. The number of halogens is 1. The van der Waals surface area contributed by atoms with E-state index in [0.29, 0.717) is 10.7 Å². The molecule has 0 unspecified atom stereocenters. The summed E-state index contributed by atoms with van der Waals surface area (Å²) in [5, 5.41) is 21.6. The first-order valence-electron chi connectivity index (χ1n) is 6.87. The number of carboxylic acid groups (broad SMARTS) is 1. The molecule has 23 heavy (non-hydrogen) atoms. The van der Waals surface area contributed by atoms with Crippen molar-refractivity contribution in [3.05, 3.63) is 64.8 Å². The Hall–Kier alpha value is -2.97. The first-order valence-corrected chi connectivity index (χ1v) is 7.24. The summed E-state index contributed by atoms with van der Waals surface area (Å²) < 4.78 is 1.80. The highest BCUT2D eigenvalue weighted by Crippen LogP contribution is 2.32. The van der Waals surface area contributed by atoms with Crippen molar-refractivity contribution in [2.75, 3.05) is 0 Å². The van der Waals surface area contributed by atoms with E-state index in [4.69, 9.17) is 16.7 Å². The van der Waals surface area contributed by atoms with Gasteiger partial charge in [0.2, 0.25) is 0 Å². The Bertz CT molecular complexity index is 923. The number of aromatic nitrogens is 1. The second-order valence-corrected chi connectivity index (χ2v) is 5.33. The van der Waals surface area contributed by atoms with Crippen LogP contribution in [-0.2, 0) is 6.54 Å². The van der Waals surface area contributed by atoms with Crippen LogP contribution in [0.15, 0.2) is 48.5 Å². The quantitative estimate of drug-likeness (QED) is 0.766. The third-order valence-electron chi connectivity index (χ3n) is 3.56. The molecule has 2 aromatic carbocycles. The molecule has 0 spiro atoms. The van der Waals surface area contributed by atoms with Gasteiger partial charge in [-0.2, -0.15) is 5.26 Å². The molecule has 0 saturated heterocycles. The number of amides is 1. The van der Waals surface area contributed by atoms with E-state index in [0.717, 1.165) is 22.2 Å². The molecule has 0 fully saturated rings. The average molecular weight is 326 g/mol. The fraction of sp³-hybridized carbons (Fsp3) is 0.0588. The molecule has 114 valence electrons. The lowest BCUT2D eigenvalue weighted by molar-refractivity contribution is 0.194. The summed E-state index contributed by atoms with van der Waals surface area (Å²) in [6, 6.07) is 17.0. The van der Waals surface area contributed by atoms with Crippen molar-refractivity contribution in [2.24, 2.45) is 0 Å². The van der Waals surface area contributed by atoms with E-state index in [-0.39, 0.29) is 6.54 Å². The number of para-hydroxylation sites is 1. The summed E-state index contributed by atoms with van der Waals surface area (Å²) in [4.78, 5) is 10.5. The van der Waals surface area contributed by atoms with Crippen LogP contribution in [0.4, 0.5) is 4.79 Å². The maximum atomic E-state index is 10.5. The van der Waals surface area contributed by atoms with Crippen LogP contribution in [0.3, 0.4) is 0 Å². The van der Waals surface area contributed by atoms with Gasteiger partial charge >= 0.3 is 6.09 Å². The van der Waals surface area contributed by atoms with Crippen molar-refractivity contribution in [1.29, 1.82) is 5.26 Å². The van der Waals surface area contributed by atoms with E-state index >= 15 is 0 Å². The SMILES string of the molecule is N#Cc1c(Cl)c2ccccc2n1-c1ccc(CNC(=O)O)cc1. The number of hydrogen-bond acceptors (Lipinski definition) is 2. The molecule has 1 heterocycles. The molecule has 1 amide bonds. The average Bonchev–Trinajstić information content (AvgIpc) is 2.86. The zero-order valence-corrected chi connectivity index (χ0v) is 12.7. The van der Waals surface area contributed by atoms with Crippen molar-refractivity contribution in [2.45, 2.75) is 6.54 Å². The predicted molar refractivity (Wildman–Crippen MR) is 87.9 cm³/mol. The molecule has 0 radical (unpaired) electrons. The first kappa shape index (κ1) is 14.9. The molecule has 0 atom stereocenters. The maximum absolute atomic E-state index is 10.5. The Morgan fingerprint density at radius 2 is 1.91 bits per heavy atom. The van der Waals surface area contributed by atoms with Gasteiger partial charge in [-0.3, -0.25) is 4.57 Å². The normalized spacial score (nSPS) is 10.4. The Morgan fingerprint density at radius 1 is 1.22 bits per heavy atom. The van der Waals surface area contributed by atoms with E-state index in [1.165, 1.54) is 0 Å². The molecule has 2 N–H and O–H groups in total. The van der Waals surface area contributed by atoms with Crippen molar-refractivity contribution < 1.29 is 9.90 Å². The number of benzene rings is 2. The Morgan fingerprint density at radius 3 is 2.57 bits per heavy atom. The lowest BCUT2D eigenvalue weighted by Crippen LogP contribution is -2.19. The lowest BCUT2D eigenvalue weighted by atomic mass is 10.2. The van der Waals surface area contributed by atoms with Crippen LogP contribution in [0.1, 0.15) is 11.3 Å². The second-order valence-electron chi connectivity index (χ2n) is 4.95. The van der Waals surface area contributed by atoms with Gasteiger partial charge in [-0.25, -0.2) is 4.79 Å². The van der Waals surface area contributed by atoms with Crippen LogP contribution >= 0.6 is 11.6 Å². The van der Waals surface area contributed by atoms with Crippen molar-refractivity contribution in [3.63, 3.8) is 0 Å². The van der Waals surface area contributed by atoms with E-state index in [2.05, 4.69) is 11.4 Å². The first-order chi connectivity index (χ1) is 11.1. The number of fused-ring (bicyclic) bond motifs is 1. The molecule has 3 rings (SSSR count). The van der Waals surface area contributed by atoms with E-state index < -0.39 is 6.09 Å². The molecule has 6 heteroatoms. The maximum Gasteiger partial charge on any atom is 0.404 e. The van der Waals surface area contributed by atoms with Gasteiger partial charge in [0, 0.05) is 17.6 Å². The van der Waals surface area contributed by atoms with Crippen LogP contribution in [0.25, 0.3) is 16.6 Å². The van der Waals surface area contributed by atoms with Gasteiger partial charge in [-0.05, 0) is 23.8 Å². The summed E-state index contributed by atoms with van der Waals surface area (Å²) in [5.41, 5.74) is 2.86. The van der Waals surface area contributed by atoms with E-state index in [1.54, 1.807) is 4.57 Å². The summed E-state index contributed by atoms with van der Waals surface area (Å²) in [7, 11) is 0.